The van der Waals surface area contributed by atoms with Crippen molar-refractivity contribution in [2.75, 3.05) is 13.7 Å². The van der Waals surface area contributed by atoms with Crippen molar-refractivity contribution in [1.29, 1.82) is 0 Å². The Labute approximate surface area is 135 Å². The Morgan fingerprint density at radius 3 is 2.61 bits per heavy atom. The third-order valence-electron chi connectivity index (χ3n) is 3.27. The maximum absolute atomic E-state index is 12.4. The smallest absolute Gasteiger partial charge is 0.307 e. The molecule has 0 aliphatic rings. The van der Waals surface area contributed by atoms with Gasteiger partial charge < -0.3 is 14.1 Å². The maximum Gasteiger partial charge on any atom is 0.307 e. The normalized spacial score (nSPS) is 10.7. The van der Waals surface area contributed by atoms with Crippen molar-refractivity contribution in [1.82, 2.24) is 4.90 Å². The molecular weight excluding hydrogens is 294 g/mol. The highest BCUT2D eigenvalue weighted by Gasteiger charge is 2.13. The lowest BCUT2D eigenvalue weighted by Gasteiger charge is -2.20. The first-order valence-electron chi connectivity index (χ1n) is 7.30. The summed E-state index contributed by atoms with van der Waals surface area (Å²) in [5.41, 5.74) is 0.997. The number of benzene rings is 1. The molecule has 0 radical (unpaired) electrons. The molecule has 0 fully saturated rings. The molecule has 23 heavy (non-hydrogen) atoms. The molecular formula is C18H19NO4. The molecule has 0 N–H and O–H groups in total. The number of furan rings is 1. The van der Waals surface area contributed by atoms with Crippen molar-refractivity contribution in [3.05, 3.63) is 66.1 Å². The fourth-order valence-corrected chi connectivity index (χ4v) is 2.04. The number of carbonyl (C=O) groups is 2. The van der Waals surface area contributed by atoms with Crippen molar-refractivity contribution in [3.8, 4) is 0 Å². The van der Waals surface area contributed by atoms with Gasteiger partial charge in [-0.1, -0.05) is 30.3 Å². The van der Waals surface area contributed by atoms with Crippen LogP contribution in [0.5, 0.6) is 0 Å². The van der Waals surface area contributed by atoms with Gasteiger partial charge in [-0.25, -0.2) is 0 Å². The van der Waals surface area contributed by atoms with Crippen LogP contribution in [0.3, 0.4) is 0 Å². The number of carbonyl (C=O) groups excluding carboxylic acids is 2. The minimum Gasteiger partial charge on any atom is -0.469 e. The molecule has 0 saturated heterocycles. The first kappa shape index (κ1) is 16.5. The van der Waals surface area contributed by atoms with Crippen LogP contribution in [-0.4, -0.2) is 30.4 Å². The molecule has 0 unspecified atom stereocenters. The largest absolute Gasteiger partial charge is 0.469 e. The van der Waals surface area contributed by atoms with Crippen molar-refractivity contribution < 1.29 is 18.7 Å². The Morgan fingerprint density at radius 1 is 1.17 bits per heavy atom. The van der Waals surface area contributed by atoms with Crippen LogP contribution in [0.25, 0.3) is 6.08 Å². The third kappa shape index (κ3) is 5.47. The van der Waals surface area contributed by atoms with E-state index in [2.05, 4.69) is 4.74 Å². The highest BCUT2D eigenvalue weighted by atomic mass is 16.5. The first-order valence-corrected chi connectivity index (χ1v) is 7.30. The zero-order valence-corrected chi connectivity index (χ0v) is 13.0. The summed E-state index contributed by atoms with van der Waals surface area (Å²) in [6.07, 6.45) is 4.75. The summed E-state index contributed by atoms with van der Waals surface area (Å²) in [4.78, 5) is 25.3. The number of nitrogens with zero attached hydrogens (tertiary/aromatic N) is 1. The van der Waals surface area contributed by atoms with Crippen LogP contribution in [0.2, 0.25) is 0 Å². The van der Waals surface area contributed by atoms with E-state index in [1.807, 2.05) is 30.3 Å². The van der Waals surface area contributed by atoms with Gasteiger partial charge in [-0.3, -0.25) is 9.59 Å². The summed E-state index contributed by atoms with van der Waals surface area (Å²) in [7, 11) is 1.34. The number of hydrogen-bond donors (Lipinski definition) is 0. The Morgan fingerprint density at radius 2 is 1.96 bits per heavy atom. The number of hydrogen-bond acceptors (Lipinski definition) is 4. The fraction of sp³-hybridized carbons (Fsp3) is 0.222. The van der Waals surface area contributed by atoms with E-state index in [4.69, 9.17) is 4.42 Å². The molecule has 0 atom stereocenters. The Balaban J connectivity index is 2.05. The summed E-state index contributed by atoms with van der Waals surface area (Å²) >= 11 is 0. The third-order valence-corrected chi connectivity index (χ3v) is 3.27. The van der Waals surface area contributed by atoms with Gasteiger partial charge >= 0.3 is 5.97 Å². The molecule has 1 heterocycles. The lowest BCUT2D eigenvalue weighted by atomic mass is 10.2. The molecule has 0 saturated carbocycles. The van der Waals surface area contributed by atoms with Crippen LogP contribution in [0, 0.1) is 0 Å². The van der Waals surface area contributed by atoms with Crippen LogP contribution in [-0.2, 0) is 20.9 Å². The number of methoxy groups -OCH3 is 1. The zero-order chi connectivity index (χ0) is 16.5. The lowest BCUT2D eigenvalue weighted by Crippen LogP contribution is -2.31. The van der Waals surface area contributed by atoms with Gasteiger partial charge in [-0.05, 0) is 23.8 Å². The van der Waals surface area contributed by atoms with Gasteiger partial charge in [0.05, 0.1) is 19.8 Å². The van der Waals surface area contributed by atoms with Gasteiger partial charge in [0, 0.05) is 19.2 Å². The van der Waals surface area contributed by atoms with Gasteiger partial charge in [-0.2, -0.15) is 0 Å². The zero-order valence-electron chi connectivity index (χ0n) is 13.0. The second kappa shape index (κ2) is 8.58. The van der Waals surface area contributed by atoms with Crippen LogP contribution < -0.4 is 0 Å². The number of rotatable bonds is 7. The molecule has 2 rings (SSSR count). The lowest BCUT2D eigenvalue weighted by molar-refractivity contribution is -0.141. The second-order valence-electron chi connectivity index (χ2n) is 4.92. The standard InChI is InChI=1S/C18H19NO4/c1-22-18(21)11-12-19(14-15-6-3-2-4-7-15)17(20)10-9-16-8-5-13-23-16/h2-10,13H,11-12,14H2,1H3/b10-9+. The van der Waals surface area contributed by atoms with E-state index < -0.39 is 0 Å². The summed E-state index contributed by atoms with van der Waals surface area (Å²) in [6, 6.07) is 13.1. The Hall–Kier alpha value is -2.82. The molecule has 5 heteroatoms. The van der Waals surface area contributed by atoms with Crippen LogP contribution in [0.1, 0.15) is 17.7 Å². The predicted octanol–water partition coefficient (Wildman–Crippen LogP) is 2.88. The summed E-state index contributed by atoms with van der Waals surface area (Å²) < 4.78 is 9.81. The van der Waals surface area contributed by atoms with Gasteiger partial charge in [-0.15, -0.1) is 0 Å². The summed E-state index contributed by atoms with van der Waals surface area (Å²) in [5.74, 6) is 0.0750. The van der Waals surface area contributed by atoms with Crippen molar-refractivity contribution >= 4 is 18.0 Å². The molecule has 5 nitrogen and oxygen atoms in total. The van der Waals surface area contributed by atoms with Crippen LogP contribution in [0.4, 0.5) is 0 Å². The van der Waals surface area contributed by atoms with E-state index in [9.17, 15) is 9.59 Å². The predicted molar refractivity (Wildman–Crippen MR) is 86.2 cm³/mol. The van der Waals surface area contributed by atoms with E-state index in [1.54, 1.807) is 29.4 Å². The van der Waals surface area contributed by atoms with E-state index in [0.717, 1.165) is 5.56 Å². The van der Waals surface area contributed by atoms with Crippen molar-refractivity contribution in [2.45, 2.75) is 13.0 Å². The van der Waals surface area contributed by atoms with Gasteiger partial charge in [0.1, 0.15) is 5.76 Å². The topological polar surface area (TPSA) is 59.8 Å². The van der Waals surface area contributed by atoms with Crippen molar-refractivity contribution in [3.63, 3.8) is 0 Å². The average Bonchev–Trinajstić information content (AvgIpc) is 3.10. The Bertz CT molecular complexity index is 647. The fourth-order valence-electron chi connectivity index (χ4n) is 2.04. The molecule has 0 aliphatic heterocycles. The molecule has 0 bridgehead atoms. The number of esters is 1. The van der Waals surface area contributed by atoms with Crippen molar-refractivity contribution in [2.24, 2.45) is 0 Å². The van der Waals surface area contributed by atoms with Gasteiger partial charge in [0.25, 0.3) is 0 Å². The average molecular weight is 313 g/mol. The van der Waals surface area contributed by atoms with E-state index in [-0.39, 0.29) is 18.3 Å². The Kier molecular flexibility index (Phi) is 6.17. The molecule has 1 aromatic carbocycles. The highest BCUT2D eigenvalue weighted by molar-refractivity contribution is 5.91. The maximum atomic E-state index is 12.4. The highest BCUT2D eigenvalue weighted by Crippen LogP contribution is 2.08. The molecule has 0 spiro atoms. The molecule has 120 valence electrons. The molecule has 1 amide bonds. The monoisotopic (exact) mass is 313 g/mol. The molecule has 1 aromatic heterocycles. The summed E-state index contributed by atoms with van der Waals surface area (Å²) in [6.45, 7) is 0.724. The first-order chi connectivity index (χ1) is 11.2. The summed E-state index contributed by atoms with van der Waals surface area (Å²) in [5, 5.41) is 0. The number of ether oxygens (including phenoxy) is 1. The van der Waals surface area contributed by atoms with Crippen LogP contribution in [0.15, 0.2) is 59.2 Å². The molecule has 2 aromatic rings. The quantitative estimate of drug-likeness (QED) is 0.582. The van der Waals surface area contributed by atoms with Gasteiger partial charge in [0.2, 0.25) is 5.91 Å². The van der Waals surface area contributed by atoms with Crippen LogP contribution >= 0.6 is 0 Å². The minimum atomic E-state index is -0.342. The van der Waals surface area contributed by atoms with E-state index in [0.29, 0.717) is 18.8 Å². The van der Waals surface area contributed by atoms with E-state index in [1.165, 1.54) is 13.2 Å². The number of amides is 1. The second-order valence-corrected chi connectivity index (χ2v) is 4.92. The minimum absolute atomic E-state index is 0.156. The van der Waals surface area contributed by atoms with Gasteiger partial charge in [0.15, 0.2) is 0 Å². The SMILES string of the molecule is COC(=O)CCN(Cc1ccccc1)C(=O)/C=C/c1ccco1. The molecule has 0 aliphatic carbocycles. The van der Waals surface area contributed by atoms with E-state index >= 15 is 0 Å².